The second-order valence-electron chi connectivity index (χ2n) is 13.0. The first-order valence-corrected chi connectivity index (χ1v) is 18.6. The first-order chi connectivity index (χ1) is 18.9. The molecule has 6 heteroatoms. The molecule has 3 aliphatic rings. The monoisotopic (exact) mass is 667 g/mol. The summed E-state index contributed by atoms with van der Waals surface area (Å²) in [6, 6.07) is 22.3. The van der Waals surface area contributed by atoms with Crippen LogP contribution in [0.5, 0.6) is 0 Å². The van der Waals surface area contributed by atoms with Crippen molar-refractivity contribution in [2.24, 2.45) is 0 Å². The fourth-order valence-corrected chi connectivity index (χ4v) is 14.4. The summed E-state index contributed by atoms with van der Waals surface area (Å²) in [7, 11) is -0.641. The van der Waals surface area contributed by atoms with Crippen LogP contribution >= 0.6 is 15.8 Å². The van der Waals surface area contributed by atoms with Crippen LogP contribution in [0.2, 0.25) is 0 Å². The maximum absolute atomic E-state index is 13.8. The number of amides is 1. The molecular formula is C34H49NO2P2Ru+3. The Bertz CT molecular complexity index is 977. The molecule has 2 atom stereocenters. The molecule has 0 bridgehead atoms. The molecule has 3 nitrogen and oxygen atoms in total. The number of ether oxygens (including phenoxy) is 1. The van der Waals surface area contributed by atoms with E-state index in [0.717, 1.165) is 30.4 Å². The first kappa shape index (κ1) is 32.1. The van der Waals surface area contributed by atoms with Gasteiger partial charge in [0.2, 0.25) is 0 Å². The molecule has 1 heterocycles. The Balaban J connectivity index is 0.00000370. The topological polar surface area (TPSA) is 29.5 Å². The van der Waals surface area contributed by atoms with Gasteiger partial charge in [0.25, 0.3) is 0 Å². The van der Waals surface area contributed by atoms with Gasteiger partial charge in [0.15, 0.2) is 0 Å². The van der Waals surface area contributed by atoms with Crippen LogP contribution in [-0.2, 0) is 24.2 Å². The second kappa shape index (κ2) is 15.1. The predicted octanol–water partition coefficient (Wildman–Crippen LogP) is 8.64. The van der Waals surface area contributed by atoms with Gasteiger partial charge >= 0.3 is 25.6 Å². The van der Waals surface area contributed by atoms with Gasteiger partial charge in [-0.1, -0.05) is 107 Å². The van der Waals surface area contributed by atoms with Crippen molar-refractivity contribution in [1.29, 1.82) is 0 Å². The number of carbonyl (C=O) groups excluding carboxylic acids is 1. The fraction of sp³-hybridized carbons (Fsp3) is 0.618. The van der Waals surface area contributed by atoms with E-state index in [1.54, 1.807) is 0 Å². The first-order valence-electron chi connectivity index (χ1n) is 15.5. The van der Waals surface area contributed by atoms with E-state index in [4.69, 9.17) is 4.74 Å². The molecular weight excluding hydrogens is 617 g/mol. The molecule has 217 valence electrons. The summed E-state index contributed by atoms with van der Waals surface area (Å²) < 4.78 is 6.07. The van der Waals surface area contributed by atoms with Crippen LogP contribution in [0.1, 0.15) is 91.4 Å². The number of carbonyl (C=O) groups is 1. The molecule has 2 unspecified atom stereocenters. The van der Waals surface area contributed by atoms with Crippen LogP contribution < -0.4 is 10.6 Å². The van der Waals surface area contributed by atoms with E-state index in [1.807, 2.05) is 20.8 Å². The maximum Gasteiger partial charge on any atom is 3.00 e. The summed E-state index contributed by atoms with van der Waals surface area (Å²) in [5.74, 6) is 0. The van der Waals surface area contributed by atoms with Crippen LogP contribution in [0.3, 0.4) is 0 Å². The average molecular weight is 667 g/mol. The van der Waals surface area contributed by atoms with Gasteiger partial charge in [-0.2, -0.15) is 0 Å². The van der Waals surface area contributed by atoms with Crippen LogP contribution in [0, 0.1) is 0 Å². The number of benzene rings is 2. The van der Waals surface area contributed by atoms with Crippen LogP contribution in [0.25, 0.3) is 0 Å². The molecule has 2 aromatic rings. The third-order valence-corrected chi connectivity index (χ3v) is 15.5. The quantitative estimate of drug-likeness (QED) is 0.219. The van der Waals surface area contributed by atoms with Crippen molar-refractivity contribution in [3.8, 4) is 0 Å². The molecule has 40 heavy (non-hydrogen) atoms. The number of rotatable bonds is 7. The van der Waals surface area contributed by atoms with E-state index in [0.29, 0.717) is 5.66 Å². The largest absolute Gasteiger partial charge is 3.00 e. The SMILES string of the molecule is CC(C)(C)OC(=O)N1CC(P(C2CCCCC2)C2CCCCC2)CC1CP(c1ccccc1)c1ccccc1.[Ru+3]. The minimum absolute atomic E-state index is 0. The molecule has 2 saturated carbocycles. The van der Waals surface area contributed by atoms with Crippen LogP contribution in [0.15, 0.2) is 60.7 Å². The Kier molecular flexibility index (Phi) is 12.1. The minimum Gasteiger partial charge on any atom is -0.444 e. The molecule has 2 aromatic carbocycles. The fourth-order valence-electron chi connectivity index (χ4n) is 7.26. The summed E-state index contributed by atoms with van der Waals surface area (Å²) in [6.07, 6.45) is 16.3. The van der Waals surface area contributed by atoms with Gasteiger partial charge in [0.05, 0.1) is 0 Å². The van der Waals surface area contributed by atoms with Crippen LogP contribution in [0.4, 0.5) is 4.79 Å². The molecule has 2 aliphatic carbocycles. The number of hydrogen-bond acceptors (Lipinski definition) is 2. The zero-order valence-electron chi connectivity index (χ0n) is 24.8. The summed E-state index contributed by atoms with van der Waals surface area (Å²) >= 11 is 0. The normalized spacial score (nSPS) is 22.9. The third-order valence-electron chi connectivity index (χ3n) is 8.96. The van der Waals surface area contributed by atoms with Crippen molar-refractivity contribution in [3.05, 3.63) is 60.7 Å². The van der Waals surface area contributed by atoms with Crippen molar-refractivity contribution in [2.75, 3.05) is 12.7 Å². The van der Waals surface area contributed by atoms with Crippen molar-refractivity contribution in [1.82, 2.24) is 4.90 Å². The zero-order chi connectivity index (χ0) is 27.2. The van der Waals surface area contributed by atoms with E-state index in [9.17, 15) is 4.79 Å². The van der Waals surface area contributed by atoms with Gasteiger partial charge in [-0.25, -0.2) is 4.79 Å². The predicted molar refractivity (Wildman–Crippen MR) is 170 cm³/mol. The maximum atomic E-state index is 13.8. The van der Waals surface area contributed by atoms with Gasteiger partial charge in [-0.3, -0.25) is 0 Å². The van der Waals surface area contributed by atoms with Gasteiger partial charge in [0, 0.05) is 12.6 Å². The molecule has 5 rings (SSSR count). The molecule has 1 saturated heterocycles. The Morgan fingerprint density at radius 1 is 0.775 bits per heavy atom. The Hall–Kier alpha value is -0.807. The van der Waals surface area contributed by atoms with Crippen molar-refractivity contribution < 1.29 is 29.0 Å². The van der Waals surface area contributed by atoms with Gasteiger partial charge in [0.1, 0.15) is 5.60 Å². The third kappa shape index (κ3) is 8.39. The van der Waals surface area contributed by atoms with Crippen LogP contribution in [-0.4, -0.2) is 52.3 Å². The van der Waals surface area contributed by atoms with Gasteiger partial charge in [-0.05, 0) is 94.5 Å². The molecule has 0 aromatic heterocycles. The smallest absolute Gasteiger partial charge is 0.444 e. The molecule has 0 N–H and O–H groups in total. The summed E-state index contributed by atoms with van der Waals surface area (Å²) in [4.78, 5) is 16.0. The van der Waals surface area contributed by atoms with E-state index in [2.05, 4.69) is 65.6 Å². The number of nitrogens with zero attached hydrogens (tertiary/aromatic N) is 1. The second-order valence-corrected chi connectivity index (χ2v) is 18.3. The van der Waals surface area contributed by atoms with Gasteiger partial charge in [-0.15, -0.1) is 0 Å². The van der Waals surface area contributed by atoms with Gasteiger partial charge < -0.3 is 9.64 Å². The number of likely N-dealkylation sites (tertiary alicyclic amines) is 1. The average Bonchev–Trinajstić information content (AvgIpc) is 3.36. The molecule has 3 fully saturated rings. The van der Waals surface area contributed by atoms with Crippen molar-refractivity contribution in [3.63, 3.8) is 0 Å². The Labute approximate surface area is 258 Å². The number of hydrogen-bond donors (Lipinski definition) is 0. The Morgan fingerprint density at radius 3 is 1.70 bits per heavy atom. The molecule has 1 aliphatic heterocycles. The molecule has 1 amide bonds. The van der Waals surface area contributed by atoms with E-state index < -0.39 is 13.5 Å². The van der Waals surface area contributed by atoms with E-state index in [1.165, 1.54) is 74.8 Å². The van der Waals surface area contributed by atoms with E-state index >= 15 is 0 Å². The zero-order valence-corrected chi connectivity index (χ0v) is 28.3. The summed E-state index contributed by atoms with van der Waals surface area (Å²) in [5, 5.41) is 2.82. The van der Waals surface area contributed by atoms with Crippen molar-refractivity contribution >= 4 is 32.5 Å². The minimum atomic E-state index is -0.556. The molecule has 0 spiro atoms. The van der Waals surface area contributed by atoms with E-state index in [-0.39, 0.29) is 39.5 Å². The Morgan fingerprint density at radius 2 is 1.25 bits per heavy atom. The summed E-state index contributed by atoms with van der Waals surface area (Å²) in [6.45, 7) is 6.92. The standard InChI is InChI=1S/C34H49NO2P2.Ru/c1-34(2,3)37-33(36)35-25-32(39(30-20-12-6-13-21-30)31-22-14-7-15-23-31)24-27(35)26-38(28-16-8-4-9-17-28)29-18-10-5-11-19-29;/h4-5,8-11,16-19,27,30-32H,6-7,12-15,20-26H2,1-3H3;/q;+3. The summed E-state index contributed by atoms with van der Waals surface area (Å²) in [5.41, 5.74) is 2.00. The van der Waals surface area contributed by atoms with Crippen molar-refractivity contribution in [2.45, 2.75) is 120 Å². The molecule has 1 radical (unpaired) electrons.